The van der Waals surface area contributed by atoms with Gasteiger partial charge in [-0.05, 0) is 41.8 Å². The van der Waals surface area contributed by atoms with Crippen LogP contribution in [0.1, 0.15) is 29.9 Å². The number of carbonyl (C=O) groups excluding carboxylic acids is 2. The number of pyridine rings is 1. The second-order valence-electron chi connectivity index (χ2n) is 7.27. The van der Waals surface area contributed by atoms with Gasteiger partial charge in [-0.2, -0.15) is 0 Å². The number of carbonyl (C=O) groups is 2. The molecule has 0 bridgehead atoms. The van der Waals surface area contributed by atoms with Gasteiger partial charge in [0.05, 0.1) is 17.7 Å². The third-order valence-electron chi connectivity index (χ3n) is 5.29. The number of hydrogen-bond acceptors (Lipinski definition) is 5. The second-order valence-corrected chi connectivity index (χ2v) is 9.20. The van der Waals surface area contributed by atoms with Crippen molar-refractivity contribution in [2.45, 2.75) is 31.3 Å². The summed E-state index contributed by atoms with van der Waals surface area (Å²) in [5.41, 5.74) is 2.55. The van der Waals surface area contributed by atoms with E-state index in [1.54, 1.807) is 35.5 Å². The van der Waals surface area contributed by atoms with Crippen molar-refractivity contribution in [2.24, 2.45) is 0 Å². The maximum Gasteiger partial charge on any atom is 0.232 e. The van der Waals surface area contributed by atoms with E-state index in [1.165, 1.54) is 5.41 Å². The Morgan fingerprint density at radius 1 is 1.17 bits per heavy atom. The van der Waals surface area contributed by atoms with E-state index in [4.69, 9.17) is 0 Å². The molecule has 2 aliphatic rings. The number of fused-ring (bicyclic) bond motifs is 1. The van der Waals surface area contributed by atoms with E-state index in [2.05, 4.69) is 10.3 Å². The Balaban J connectivity index is 1.49. The predicted octanol–water partition coefficient (Wildman–Crippen LogP) is 2.24. The van der Waals surface area contributed by atoms with Crippen molar-refractivity contribution in [3.63, 3.8) is 0 Å². The largest absolute Gasteiger partial charge is 0.331 e. The zero-order valence-electron chi connectivity index (χ0n) is 15.7. The number of nitrogens with one attached hydrogen (secondary N) is 1. The predicted molar refractivity (Wildman–Crippen MR) is 109 cm³/mol. The van der Waals surface area contributed by atoms with Crippen LogP contribution in [0.2, 0.25) is 0 Å². The number of sulfone groups is 1. The third-order valence-corrected chi connectivity index (χ3v) is 6.67. The number of benzene rings is 1. The summed E-state index contributed by atoms with van der Waals surface area (Å²) >= 11 is 0. The lowest BCUT2D eigenvalue weighted by molar-refractivity contribution is -0.133. The number of rotatable bonds is 6. The van der Waals surface area contributed by atoms with E-state index < -0.39 is 15.9 Å². The van der Waals surface area contributed by atoms with Crippen LogP contribution >= 0.6 is 0 Å². The molecule has 150 valence electrons. The number of nitrogens with zero attached hydrogens (tertiary/aromatic N) is 2. The van der Waals surface area contributed by atoms with Gasteiger partial charge in [0.25, 0.3) is 0 Å². The molecule has 29 heavy (non-hydrogen) atoms. The van der Waals surface area contributed by atoms with Crippen molar-refractivity contribution in [3.8, 4) is 0 Å². The molecule has 1 aromatic carbocycles. The van der Waals surface area contributed by atoms with Gasteiger partial charge in [0.2, 0.25) is 11.8 Å². The fourth-order valence-corrected chi connectivity index (χ4v) is 5.10. The Bertz CT molecular complexity index is 1070. The second kappa shape index (κ2) is 7.79. The number of amides is 2. The van der Waals surface area contributed by atoms with Gasteiger partial charge in [-0.3, -0.25) is 14.6 Å². The molecule has 2 aromatic rings. The summed E-state index contributed by atoms with van der Waals surface area (Å²) in [5.74, 6) is -0.772. The lowest BCUT2D eigenvalue weighted by Gasteiger charge is -2.28. The average Bonchev–Trinajstić information content (AvgIpc) is 3.23. The van der Waals surface area contributed by atoms with E-state index in [9.17, 15) is 18.0 Å². The molecule has 1 aromatic heterocycles. The van der Waals surface area contributed by atoms with Crippen LogP contribution in [-0.4, -0.2) is 41.9 Å². The molecule has 0 saturated carbocycles. The smallest absolute Gasteiger partial charge is 0.232 e. The molecule has 4 rings (SSSR count). The topological polar surface area (TPSA) is 96.4 Å². The number of para-hydroxylation sites is 1. The van der Waals surface area contributed by atoms with Crippen molar-refractivity contribution < 1.29 is 18.0 Å². The fraction of sp³-hybridized carbons (Fsp3) is 0.286. The highest BCUT2D eigenvalue weighted by Crippen LogP contribution is 2.35. The Morgan fingerprint density at radius 2 is 1.93 bits per heavy atom. The highest BCUT2D eigenvalue weighted by atomic mass is 32.2. The summed E-state index contributed by atoms with van der Waals surface area (Å²) in [6.07, 6.45) is 5.36. The Kier molecular flexibility index (Phi) is 5.19. The zero-order chi connectivity index (χ0) is 20.4. The van der Waals surface area contributed by atoms with Crippen LogP contribution in [0.5, 0.6) is 0 Å². The van der Waals surface area contributed by atoms with Crippen molar-refractivity contribution in [1.82, 2.24) is 9.88 Å². The summed E-state index contributed by atoms with van der Waals surface area (Å²) in [6.45, 7) is 0.291. The molecule has 1 N–H and O–H groups in total. The lowest BCUT2D eigenvalue weighted by Crippen LogP contribution is -2.40. The number of anilines is 1. The van der Waals surface area contributed by atoms with Gasteiger partial charge in [0.1, 0.15) is 0 Å². The van der Waals surface area contributed by atoms with Crippen LogP contribution in [0.15, 0.2) is 60.3 Å². The number of hydrogen-bond donors (Lipinski definition) is 1. The van der Waals surface area contributed by atoms with Gasteiger partial charge < -0.3 is 10.2 Å². The summed E-state index contributed by atoms with van der Waals surface area (Å²) < 4.78 is 23.8. The molecule has 7 nitrogen and oxygen atoms in total. The minimum Gasteiger partial charge on any atom is -0.331 e. The molecular formula is C21H21N3O4S. The van der Waals surface area contributed by atoms with Gasteiger partial charge in [0.15, 0.2) is 9.84 Å². The van der Waals surface area contributed by atoms with E-state index in [0.29, 0.717) is 13.0 Å². The van der Waals surface area contributed by atoms with Gasteiger partial charge in [-0.1, -0.05) is 18.2 Å². The summed E-state index contributed by atoms with van der Waals surface area (Å²) in [4.78, 5) is 30.9. The maximum atomic E-state index is 13.1. The third kappa shape index (κ3) is 4.22. The van der Waals surface area contributed by atoms with Crippen molar-refractivity contribution in [3.05, 3.63) is 71.4 Å². The SMILES string of the molecule is O=C1Nc2ccccc2C1CCC(=O)N(Cc1ccncc1)C1C=CS(=O)(=O)C1. The molecule has 0 aliphatic carbocycles. The van der Waals surface area contributed by atoms with Crippen molar-refractivity contribution in [1.29, 1.82) is 0 Å². The van der Waals surface area contributed by atoms with Crippen LogP contribution in [0.3, 0.4) is 0 Å². The van der Waals surface area contributed by atoms with Crippen molar-refractivity contribution in [2.75, 3.05) is 11.1 Å². The van der Waals surface area contributed by atoms with E-state index >= 15 is 0 Å². The molecule has 0 radical (unpaired) electrons. The standard InChI is InChI=1S/C21H21N3O4S/c25-20(6-5-18-17-3-1-2-4-19(17)23-21(18)26)24(13-15-7-10-22-11-8-15)16-9-12-29(27,28)14-16/h1-4,7-12,16,18H,5-6,13-14H2,(H,23,26). The summed E-state index contributed by atoms with van der Waals surface area (Å²) in [7, 11) is -3.30. The number of aromatic nitrogens is 1. The molecule has 0 saturated heterocycles. The zero-order valence-corrected chi connectivity index (χ0v) is 16.5. The van der Waals surface area contributed by atoms with E-state index in [0.717, 1.165) is 16.8 Å². The summed E-state index contributed by atoms with van der Waals surface area (Å²) in [6, 6.07) is 10.6. The highest BCUT2D eigenvalue weighted by molar-refractivity contribution is 7.94. The van der Waals surface area contributed by atoms with Gasteiger partial charge in [-0.25, -0.2) is 8.42 Å². The van der Waals surface area contributed by atoms with Crippen LogP contribution in [0.25, 0.3) is 0 Å². The van der Waals surface area contributed by atoms with Crippen molar-refractivity contribution >= 4 is 27.3 Å². The van der Waals surface area contributed by atoms with Crippen LogP contribution < -0.4 is 5.32 Å². The Hall–Kier alpha value is -3.00. The van der Waals surface area contributed by atoms with Crippen LogP contribution in [0.4, 0.5) is 5.69 Å². The molecule has 3 heterocycles. The minimum absolute atomic E-state index is 0.108. The normalized spacial score (nSPS) is 21.6. The first-order valence-corrected chi connectivity index (χ1v) is 11.1. The quantitative estimate of drug-likeness (QED) is 0.786. The summed E-state index contributed by atoms with van der Waals surface area (Å²) in [5, 5.41) is 4.02. The van der Waals surface area contributed by atoms with Crippen LogP contribution in [-0.2, 0) is 26.0 Å². The average molecular weight is 411 g/mol. The highest BCUT2D eigenvalue weighted by Gasteiger charge is 2.33. The Morgan fingerprint density at radius 3 is 2.66 bits per heavy atom. The molecule has 8 heteroatoms. The van der Waals surface area contributed by atoms with Crippen LogP contribution in [0, 0.1) is 0 Å². The molecule has 2 atom stereocenters. The van der Waals surface area contributed by atoms with Gasteiger partial charge >= 0.3 is 0 Å². The fourth-order valence-electron chi connectivity index (χ4n) is 3.80. The molecule has 0 spiro atoms. The first kappa shape index (κ1) is 19.3. The van der Waals surface area contributed by atoms with Gasteiger partial charge in [0, 0.05) is 36.5 Å². The minimum atomic E-state index is -3.30. The first-order valence-electron chi connectivity index (χ1n) is 9.42. The Labute approximate surface area is 169 Å². The monoisotopic (exact) mass is 411 g/mol. The van der Waals surface area contributed by atoms with Gasteiger partial charge in [-0.15, -0.1) is 0 Å². The maximum absolute atomic E-state index is 13.1. The lowest BCUT2D eigenvalue weighted by atomic mass is 9.95. The molecular weight excluding hydrogens is 390 g/mol. The molecule has 0 fully saturated rings. The first-order chi connectivity index (χ1) is 13.9. The molecule has 2 amide bonds. The molecule has 2 unspecified atom stereocenters. The molecule has 2 aliphatic heterocycles. The van der Waals surface area contributed by atoms with E-state index in [-0.39, 0.29) is 29.9 Å². The van der Waals surface area contributed by atoms with E-state index in [1.807, 2.05) is 24.3 Å².